The Morgan fingerprint density at radius 3 is 2.48 bits per heavy atom. The average Bonchev–Trinajstić information content (AvgIpc) is 3.24. The Hall–Kier alpha value is -3.22. The van der Waals surface area contributed by atoms with Gasteiger partial charge in [0.25, 0.3) is 0 Å². The van der Waals surface area contributed by atoms with Crippen molar-refractivity contribution in [2.45, 2.75) is 5.16 Å². The van der Waals surface area contributed by atoms with E-state index in [1.165, 1.54) is 11.8 Å². The molecule has 0 atom stereocenters. The summed E-state index contributed by atoms with van der Waals surface area (Å²) in [6, 6.07) is 24.7. The van der Waals surface area contributed by atoms with Crippen molar-refractivity contribution in [1.29, 1.82) is 0 Å². The molecule has 156 valence electrons. The van der Waals surface area contributed by atoms with E-state index in [0.29, 0.717) is 15.9 Å². The number of halogens is 1. The molecule has 1 aromatic heterocycles. The molecule has 5 nitrogen and oxygen atoms in total. The second-order valence-corrected chi connectivity index (χ2v) is 8.04. The van der Waals surface area contributed by atoms with Crippen LogP contribution in [-0.2, 0) is 4.79 Å². The van der Waals surface area contributed by atoms with Gasteiger partial charge >= 0.3 is 0 Å². The van der Waals surface area contributed by atoms with Crippen LogP contribution in [0.2, 0.25) is 5.02 Å². The summed E-state index contributed by atoms with van der Waals surface area (Å²) in [5, 5.41) is 4.21. The number of benzene rings is 3. The largest absolute Gasteiger partial charge is 0.495 e. The number of hydrogen-bond acceptors (Lipinski definition) is 4. The van der Waals surface area contributed by atoms with Gasteiger partial charge in [-0.1, -0.05) is 65.8 Å². The van der Waals surface area contributed by atoms with E-state index in [1.54, 1.807) is 31.4 Å². The molecule has 4 rings (SSSR count). The number of amides is 1. The van der Waals surface area contributed by atoms with Crippen LogP contribution in [0.3, 0.4) is 0 Å². The molecule has 0 bridgehead atoms. The minimum atomic E-state index is -0.122. The summed E-state index contributed by atoms with van der Waals surface area (Å²) in [6.45, 7) is 0. The lowest BCUT2D eigenvalue weighted by Gasteiger charge is -2.11. The Kier molecular flexibility index (Phi) is 6.60. The SMILES string of the molecule is COc1ccccc1-n1cc(-c2ccccc2)nc1SCC(=O)Nc1ccc(Cl)cc1. The highest BCUT2D eigenvalue weighted by Crippen LogP contribution is 2.31. The molecule has 3 aromatic carbocycles. The Bertz CT molecular complexity index is 1180. The Morgan fingerprint density at radius 1 is 1.03 bits per heavy atom. The van der Waals surface area contributed by atoms with E-state index < -0.39 is 0 Å². The summed E-state index contributed by atoms with van der Waals surface area (Å²) in [4.78, 5) is 17.3. The maximum absolute atomic E-state index is 12.5. The van der Waals surface area contributed by atoms with Gasteiger partial charge in [0.1, 0.15) is 5.75 Å². The standard InChI is InChI=1S/C24H20ClN3O2S/c1-30-22-10-6-5-9-21(22)28-15-20(17-7-3-2-4-8-17)27-24(28)31-16-23(29)26-19-13-11-18(25)12-14-19/h2-15H,16H2,1H3,(H,26,29). The third-order valence-corrected chi connectivity index (χ3v) is 5.75. The minimum absolute atomic E-state index is 0.122. The van der Waals surface area contributed by atoms with Crippen LogP contribution < -0.4 is 10.1 Å². The highest BCUT2D eigenvalue weighted by atomic mass is 35.5. The first kappa shape index (κ1) is 21.0. The molecule has 0 radical (unpaired) electrons. The normalized spacial score (nSPS) is 10.6. The summed E-state index contributed by atoms with van der Waals surface area (Å²) in [6.07, 6.45) is 1.96. The topological polar surface area (TPSA) is 56.2 Å². The maximum Gasteiger partial charge on any atom is 0.234 e. The minimum Gasteiger partial charge on any atom is -0.495 e. The molecule has 0 saturated carbocycles. The van der Waals surface area contributed by atoms with Crippen LogP contribution in [-0.4, -0.2) is 28.3 Å². The number of nitrogens with one attached hydrogen (secondary N) is 1. The summed E-state index contributed by atoms with van der Waals surface area (Å²) in [5.41, 5.74) is 3.39. The Morgan fingerprint density at radius 2 is 1.74 bits per heavy atom. The number of nitrogens with zero attached hydrogens (tertiary/aromatic N) is 2. The van der Waals surface area contributed by atoms with Gasteiger partial charge in [-0.25, -0.2) is 4.98 Å². The fourth-order valence-electron chi connectivity index (χ4n) is 3.07. The molecule has 0 saturated heterocycles. The zero-order chi connectivity index (χ0) is 21.6. The number of hydrogen-bond donors (Lipinski definition) is 1. The lowest BCUT2D eigenvalue weighted by Crippen LogP contribution is -2.14. The van der Waals surface area contributed by atoms with Gasteiger partial charge in [0, 0.05) is 22.5 Å². The molecule has 1 N–H and O–H groups in total. The van der Waals surface area contributed by atoms with Gasteiger partial charge in [0.05, 0.1) is 24.2 Å². The van der Waals surface area contributed by atoms with Crippen LogP contribution in [0.4, 0.5) is 5.69 Å². The molecule has 0 unspecified atom stereocenters. The zero-order valence-electron chi connectivity index (χ0n) is 16.8. The summed E-state index contributed by atoms with van der Waals surface area (Å²) < 4.78 is 7.50. The average molecular weight is 450 g/mol. The monoisotopic (exact) mass is 449 g/mol. The van der Waals surface area contributed by atoms with Crippen LogP contribution in [0, 0.1) is 0 Å². The lowest BCUT2D eigenvalue weighted by molar-refractivity contribution is -0.113. The number of thioether (sulfide) groups is 1. The smallest absolute Gasteiger partial charge is 0.234 e. The van der Waals surface area contributed by atoms with Crippen molar-refractivity contribution >= 4 is 35.0 Å². The van der Waals surface area contributed by atoms with E-state index in [2.05, 4.69) is 5.32 Å². The number of para-hydroxylation sites is 2. The van der Waals surface area contributed by atoms with Crippen molar-refractivity contribution in [3.63, 3.8) is 0 Å². The first-order valence-corrected chi connectivity index (χ1v) is 11.0. The van der Waals surface area contributed by atoms with E-state index in [9.17, 15) is 4.79 Å². The number of imidazole rings is 1. The fraction of sp³-hybridized carbons (Fsp3) is 0.0833. The van der Waals surface area contributed by atoms with Crippen molar-refractivity contribution in [3.8, 4) is 22.7 Å². The van der Waals surface area contributed by atoms with Crippen molar-refractivity contribution < 1.29 is 9.53 Å². The van der Waals surface area contributed by atoms with E-state index in [4.69, 9.17) is 21.3 Å². The quantitative estimate of drug-likeness (QED) is 0.355. The molecule has 31 heavy (non-hydrogen) atoms. The van der Waals surface area contributed by atoms with Crippen molar-refractivity contribution in [2.75, 3.05) is 18.2 Å². The van der Waals surface area contributed by atoms with Gasteiger partial charge in [-0.15, -0.1) is 0 Å². The van der Waals surface area contributed by atoms with Gasteiger partial charge < -0.3 is 10.1 Å². The number of carbonyl (C=O) groups excluding carboxylic acids is 1. The van der Waals surface area contributed by atoms with Crippen LogP contribution in [0.5, 0.6) is 5.75 Å². The zero-order valence-corrected chi connectivity index (χ0v) is 18.4. The second-order valence-electron chi connectivity index (χ2n) is 6.66. The number of rotatable bonds is 7. The third-order valence-electron chi connectivity index (χ3n) is 4.55. The number of methoxy groups -OCH3 is 1. The highest BCUT2D eigenvalue weighted by molar-refractivity contribution is 7.99. The molecule has 0 aliphatic carbocycles. The summed E-state index contributed by atoms with van der Waals surface area (Å²) in [5.74, 6) is 0.818. The summed E-state index contributed by atoms with van der Waals surface area (Å²) >= 11 is 7.27. The fourth-order valence-corrected chi connectivity index (χ4v) is 3.99. The lowest BCUT2D eigenvalue weighted by atomic mass is 10.2. The molecule has 4 aromatic rings. The van der Waals surface area contributed by atoms with Gasteiger partial charge in [-0.3, -0.25) is 9.36 Å². The molecule has 1 amide bonds. The van der Waals surface area contributed by atoms with Crippen LogP contribution >= 0.6 is 23.4 Å². The molecule has 0 aliphatic rings. The van der Waals surface area contributed by atoms with E-state index in [-0.39, 0.29) is 11.7 Å². The van der Waals surface area contributed by atoms with Gasteiger partial charge in [-0.05, 0) is 36.4 Å². The Balaban J connectivity index is 1.60. The number of aromatic nitrogens is 2. The third kappa shape index (κ3) is 5.10. The predicted molar refractivity (Wildman–Crippen MR) is 126 cm³/mol. The number of ether oxygens (including phenoxy) is 1. The van der Waals surface area contributed by atoms with Crippen LogP contribution in [0.25, 0.3) is 16.9 Å². The molecule has 7 heteroatoms. The number of anilines is 1. The van der Waals surface area contributed by atoms with Gasteiger partial charge in [-0.2, -0.15) is 0 Å². The maximum atomic E-state index is 12.5. The molecular weight excluding hydrogens is 430 g/mol. The highest BCUT2D eigenvalue weighted by Gasteiger charge is 2.16. The van der Waals surface area contributed by atoms with E-state index in [0.717, 1.165) is 22.7 Å². The molecule has 0 fully saturated rings. The van der Waals surface area contributed by atoms with Crippen molar-refractivity contribution in [2.24, 2.45) is 0 Å². The predicted octanol–water partition coefficient (Wildman–Crippen LogP) is 5.93. The molecular formula is C24H20ClN3O2S. The van der Waals surface area contributed by atoms with E-state index in [1.807, 2.05) is 65.4 Å². The van der Waals surface area contributed by atoms with Crippen LogP contribution in [0.1, 0.15) is 0 Å². The van der Waals surface area contributed by atoms with Crippen molar-refractivity contribution in [1.82, 2.24) is 9.55 Å². The molecule has 0 spiro atoms. The molecule has 1 heterocycles. The first-order valence-electron chi connectivity index (χ1n) is 9.60. The van der Waals surface area contributed by atoms with Gasteiger partial charge in [0.2, 0.25) is 5.91 Å². The van der Waals surface area contributed by atoms with E-state index >= 15 is 0 Å². The molecule has 0 aliphatic heterocycles. The van der Waals surface area contributed by atoms with Gasteiger partial charge in [0.15, 0.2) is 5.16 Å². The van der Waals surface area contributed by atoms with Crippen LogP contribution in [0.15, 0.2) is 90.2 Å². The van der Waals surface area contributed by atoms with Crippen molar-refractivity contribution in [3.05, 3.63) is 90.1 Å². The Labute approximate surface area is 190 Å². The first-order chi connectivity index (χ1) is 15.1. The second kappa shape index (κ2) is 9.73. The number of carbonyl (C=O) groups is 1. The summed E-state index contributed by atoms with van der Waals surface area (Å²) in [7, 11) is 1.64.